The molecule has 0 amide bonds. The first kappa shape index (κ1) is 18.9. The highest BCUT2D eigenvalue weighted by Crippen LogP contribution is 2.34. The zero-order chi connectivity index (χ0) is 19.5. The van der Waals surface area contributed by atoms with E-state index in [1.807, 2.05) is 41.6 Å². The monoisotopic (exact) mass is 414 g/mol. The summed E-state index contributed by atoms with van der Waals surface area (Å²) in [5.74, 6) is 4.03. The lowest BCUT2D eigenvalue weighted by Crippen LogP contribution is -2.51. The van der Waals surface area contributed by atoms with Crippen LogP contribution in [-0.2, 0) is 0 Å². The van der Waals surface area contributed by atoms with Crippen molar-refractivity contribution in [3.63, 3.8) is 0 Å². The van der Waals surface area contributed by atoms with Crippen LogP contribution < -0.4 is 15.5 Å². The van der Waals surface area contributed by atoms with Crippen molar-refractivity contribution in [3.05, 3.63) is 48.0 Å². The molecule has 2 aliphatic rings. The molecule has 1 atom stereocenters. The molecule has 0 fully saturated rings. The van der Waals surface area contributed by atoms with Gasteiger partial charge < -0.3 is 10.1 Å². The average Bonchev–Trinajstić information content (AvgIpc) is 3.15. The van der Waals surface area contributed by atoms with Crippen LogP contribution in [0.5, 0.6) is 5.75 Å². The van der Waals surface area contributed by atoms with Crippen molar-refractivity contribution in [1.29, 1.82) is 0 Å². The summed E-state index contributed by atoms with van der Waals surface area (Å²) in [7, 11) is 0. The molecule has 1 unspecified atom stereocenters. The molecule has 28 heavy (non-hydrogen) atoms. The van der Waals surface area contributed by atoms with Crippen LogP contribution in [0.4, 0.5) is 5.82 Å². The molecular weight excluding hydrogens is 392 g/mol. The number of anilines is 1. The quantitative estimate of drug-likeness (QED) is 0.319. The van der Waals surface area contributed by atoms with E-state index in [2.05, 4.69) is 24.6 Å². The molecule has 1 aromatic carbocycles. The molecule has 7 nitrogen and oxygen atoms in total. The van der Waals surface area contributed by atoms with Crippen LogP contribution in [0, 0.1) is 0 Å². The maximum absolute atomic E-state index is 5.72. The molecule has 0 aliphatic carbocycles. The number of fused-ring (bicyclic) bond motifs is 3. The maximum Gasteiger partial charge on any atom is 0.190 e. The first-order chi connectivity index (χ1) is 13.7. The van der Waals surface area contributed by atoms with E-state index < -0.39 is 0 Å². The molecule has 2 aliphatic heterocycles. The number of hydrogen-bond donors (Lipinski definition) is 2. The molecule has 2 aromatic rings. The van der Waals surface area contributed by atoms with Crippen LogP contribution in [0.2, 0.25) is 0 Å². The Morgan fingerprint density at radius 2 is 2.07 bits per heavy atom. The van der Waals surface area contributed by atoms with Crippen LogP contribution in [0.15, 0.2) is 57.6 Å². The molecule has 0 spiro atoms. The van der Waals surface area contributed by atoms with Gasteiger partial charge in [-0.1, -0.05) is 36.9 Å². The summed E-state index contributed by atoms with van der Waals surface area (Å²) < 4.78 is 5.72. The highest BCUT2D eigenvalue weighted by Gasteiger charge is 2.36. The second-order valence-corrected chi connectivity index (χ2v) is 8.12. The molecule has 0 radical (unpaired) electrons. The van der Waals surface area contributed by atoms with E-state index in [0.29, 0.717) is 5.82 Å². The third-order valence-corrected chi connectivity index (χ3v) is 5.92. The van der Waals surface area contributed by atoms with E-state index in [0.717, 1.165) is 45.3 Å². The number of nitrogens with one attached hydrogen (secondary N) is 2. The molecule has 4 rings (SSSR count). The predicted molar refractivity (Wildman–Crippen MR) is 115 cm³/mol. The molecule has 146 valence electrons. The van der Waals surface area contributed by atoms with Gasteiger partial charge in [0.05, 0.1) is 5.56 Å². The lowest BCUT2D eigenvalue weighted by Gasteiger charge is -2.34. The van der Waals surface area contributed by atoms with Crippen LogP contribution >= 0.6 is 23.5 Å². The molecule has 0 saturated heterocycles. The largest absolute Gasteiger partial charge is 0.461 e. The average molecular weight is 415 g/mol. The van der Waals surface area contributed by atoms with Gasteiger partial charge in [0.1, 0.15) is 29.0 Å². The van der Waals surface area contributed by atoms with Gasteiger partial charge in [0, 0.05) is 5.75 Å². The van der Waals surface area contributed by atoms with E-state index in [1.165, 1.54) is 0 Å². The summed E-state index contributed by atoms with van der Waals surface area (Å²) >= 11 is 3.28. The zero-order valence-corrected chi connectivity index (χ0v) is 17.6. The van der Waals surface area contributed by atoms with Gasteiger partial charge in [0.15, 0.2) is 16.8 Å². The lowest BCUT2D eigenvalue weighted by molar-refractivity contribution is 0.298. The standard InChI is InChI=1S/C19H22N6OS2/c1-4-10-28-19-22-16-15(18(23-19)27-3)17-21-14(24-25(17)12(2)20-16)11-26-13-8-6-5-7-9-13/h5-9,11-12,24H,4,10H2,1-3H3,(H,20,22,23). The van der Waals surface area contributed by atoms with Gasteiger partial charge in [-0.05, 0) is 31.7 Å². The Labute approximate surface area is 173 Å². The van der Waals surface area contributed by atoms with Gasteiger partial charge in [-0.15, -0.1) is 11.8 Å². The minimum atomic E-state index is -0.0116. The number of para-hydroxylation sites is 1. The van der Waals surface area contributed by atoms with Gasteiger partial charge in [0.2, 0.25) is 0 Å². The predicted octanol–water partition coefficient (Wildman–Crippen LogP) is 3.92. The third kappa shape index (κ3) is 3.77. The molecule has 0 saturated carbocycles. The van der Waals surface area contributed by atoms with Crippen molar-refractivity contribution in [2.75, 3.05) is 17.3 Å². The van der Waals surface area contributed by atoms with Crippen molar-refractivity contribution in [3.8, 4) is 5.75 Å². The summed E-state index contributed by atoms with van der Waals surface area (Å²) in [5.41, 5.74) is 4.21. The first-order valence-corrected chi connectivity index (χ1v) is 11.3. The minimum absolute atomic E-state index is 0.0116. The first-order valence-electron chi connectivity index (χ1n) is 9.11. The number of aliphatic imine (C=N–C) groups is 1. The fourth-order valence-corrected chi connectivity index (χ4v) is 4.22. The summed E-state index contributed by atoms with van der Waals surface area (Å²) in [6.45, 7) is 4.22. The molecular formula is C19H22N6OS2. The third-order valence-electron chi connectivity index (χ3n) is 4.18. The summed E-state index contributed by atoms with van der Waals surface area (Å²) in [4.78, 5) is 14.2. The highest BCUT2D eigenvalue weighted by molar-refractivity contribution is 7.99. The number of hydrogen-bond acceptors (Lipinski definition) is 9. The second-order valence-electron chi connectivity index (χ2n) is 6.26. The van der Waals surface area contributed by atoms with Gasteiger partial charge in [-0.2, -0.15) is 0 Å². The summed E-state index contributed by atoms with van der Waals surface area (Å²) in [6, 6.07) is 9.63. The second kappa shape index (κ2) is 8.32. The number of benzene rings is 1. The zero-order valence-electron chi connectivity index (χ0n) is 16.0. The van der Waals surface area contributed by atoms with E-state index in [9.17, 15) is 0 Å². The van der Waals surface area contributed by atoms with Gasteiger partial charge in [-0.3, -0.25) is 5.43 Å². The van der Waals surface area contributed by atoms with E-state index in [4.69, 9.17) is 19.7 Å². The summed E-state index contributed by atoms with van der Waals surface area (Å²) in [6.07, 6.45) is 4.72. The molecule has 3 heterocycles. The Hall–Kier alpha value is -2.39. The minimum Gasteiger partial charge on any atom is -0.461 e. The van der Waals surface area contributed by atoms with Crippen molar-refractivity contribution in [1.82, 2.24) is 20.4 Å². The number of ether oxygens (including phenoxy) is 1. The van der Waals surface area contributed by atoms with Gasteiger partial charge >= 0.3 is 0 Å². The number of rotatable bonds is 6. The van der Waals surface area contributed by atoms with E-state index in [-0.39, 0.29) is 6.17 Å². The lowest BCUT2D eigenvalue weighted by atomic mass is 10.2. The van der Waals surface area contributed by atoms with Gasteiger partial charge in [0.25, 0.3) is 0 Å². The number of amidine groups is 1. The number of aromatic nitrogens is 2. The van der Waals surface area contributed by atoms with Crippen molar-refractivity contribution in [2.45, 2.75) is 36.6 Å². The van der Waals surface area contributed by atoms with E-state index in [1.54, 1.807) is 29.8 Å². The Kier molecular flexibility index (Phi) is 5.63. The summed E-state index contributed by atoms with van der Waals surface area (Å²) in [5, 5.41) is 7.15. The van der Waals surface area contributed by atoms with Crippen molar-refractivity contribution in [2.24, 2.45) is 4.99 Å². The Morgan fingerprint density at radius 1 is 1.25 bits per heavy atom. The Bertz CT molecular complexity index is 918. The highest BCUT2D eigenvalue weighted by atomic mass is 32.2. The van der Waals surface area contributed by atoms with Crippen LogP contribution in [0.3, 0.4) is 0 Å². The van der Waals surface area contributed by atoms with Gasteiger partial charge in [-0.25, -0.2) is 20.0 Å². The Balaban J connectivity index is 1.67. The molecule has 2 N–H and O–H groups in total. The fourth-order valence-electron chi connectivity index (χ4n) is 2.90. The molecule has 0 bridgehead atoms. The number of hydrazine groups is 1. The smallest absolute Gasteiger partial charge is 0.190 e. The van der Waals surface area contributed by atoms with Crippen LogP contribution in [0.25, 0.3) is 0 Å². The number of thioether (sulfide) groups is 2. The maximum atomic E-state index is 5.72. The van der Waals surface area contributed by atoms with Crippen LogP contribution in [-0.4, -0.2) is 39.0 Å². The fraction of sp³-hybridized carbons (Fsp3) is 0.316. The molecule has 9 heteroatoms. The van der Waals surface area contributed by atoms with Crippen molar-refractivity contribution < 1.29 is 4.74 Å². The SMILES string of the molecule is CCCSc1nc2c(c(SC)n1)C1=NC(=COc3ccccc3)NN1C(C)N2. The topological polar surface area (TPSA) is 74.7 Å². The number of nitrogens with zero attached hydrogens (tertiary/aromatic N) is 4. The van der Waals surface area contributed by atoms with Crippen molar-refractivity contribution >= 4 is 35.2 Å². The van der Waals surface area contributed by atoms with Crippen LogP contribution in [0.1, 0.15) is 25.8 Å². The Morgan fingerprint density at radius 3 is 2.82 bits per heavy atom. The van der Waals surface area contributed by atoms with E-state index >= 15 is 0 Å². The normalized spacial score (nSPS) is 18.8. The molecule has 1 aromatic heterocycles.